The molecule has 1 atom stereocenters. The van der Waals surface area contributed by atoms with Gasteiger partial charge >= 0.3 is 0 Å². The summed E-state index contributed by atoms with van der Waals surface area (Å²) in [6.45, 7) is 7.97. The largest absolute Gasteiger partial charge is 0.493 e. The molecule has 0 radical (unpaired) electrons. The molecule has 0 aliphatic rings. The first-order valence-corrected chi connectivity index (χ1v) is 13.4. The van der Waals surface area contributed by atoms with Crippen molar-refractivity contribution in [1.29, 1.82) is 0 Å². The van der Waals surface area contributed by atoms with E-state index < -0.39 is 0 Å². The molecule has 0 saturated heterocycles. The molecule has 7 nitrogen and oxygen atoms in total. The second-order valence-corrected chi connectivity index (χ2v) is 10.1. The number of methoxy groups -OCH3 is 1. The summed E-state index contributed by atoms with van der Waals surface area (Å²) in [6.07, 6.45) is 4.90. The fraction of sp³-hybridized carbons (Fsp3) is 0.194. The van der Waals surface area contributed by atoms with Crippen molar-refractivity contribution >= 4 is 44.0 Å². The van der Waals surface area contributed by atoms with E-state index in [9.17, 15) is 4.79 Å². The van der Waals surface area contributed by atoms with Crippen LogP contribution in [0.4, 0.5) is 0 Å². The fourth-order valence-electron chi connectivity index (χ4n) is 4.27. The molecular formula is C31H28BrN3O4. The molecule has 0 fully saturated rings. The van der Waals surface area contributed by atoms with Gasteiger partial charge in [-0.1, -0.05) is 41.1 Å². The third-order valence-corrected chi connectivity index (χ3v) is 6.90. The van der Waals surface area contributed by atoms with Crippen LogP contribution < -0.4 is 15.0 Å². The lowest BCUT2D eigenvalue weighted by Gasteiger charge is -2.19. The van der Waals surface area contributed by atoms with Crippen molar-refractivity contribution in [2.75, 3.05) is 7.11 Å². The predicted molar refractivity (Wildman–Crippen MR) is 159 cm³/mol. The average Bonchev–Trinajstić information content (AvgIpc) is 3.36. The molecule has 39 heavy (non-hydrogen) atoms. The molecule has 0 aliphatic heterocycles. The maximum Gasteiger partial charge on any atom is 0.282 e. The van der Waals surface area contributed by atoms with E-state index in [0.717, 1.165) is 27.4 Å². The van der Waals surface area contributed by atoms with Crippen LogP contribution in [0.3, 0.4) is 0 Å². The molecule has 198 valence electrons. The Hall–Kier alpha value is -4.17. The summed E-state index contributed by atoms with van der Waals surface area (Å²) in [5.74, 6) is 2.01. The van der Waals surface area contributed by atoms with E-state index in [4.69, 9.17) is 18.9 Å². The number of ether oxygens (including phenoxy) is 2. The molecular weight excluding hydrogens is 558 g/mol. The Kier molecular flexibility index (Phi) is 7.65. The minimum absolute atomic E-state index is 0.0243. The Labute approximate surface area is 234 Å². The highest BCUT2D eigenvalue weighted by molar-refractivity contribution is 9.10. The normalized spacial score (nSPS) is 12.3. The number of furan rings is 1. The zero-order valence-electron chi connectivity index (χ0n) is 22.0. The summed E-state index contributed by atoms with van der Waals surface area (Å²) in [6, 6.07) is 18.6. The van der Waals surface area contributed by atoms with Gasteiger partial charge in [-0.25, -0.2) is 4.98 Å². The first-order valence-electron chi connectivity index (χ1n) is 12.7. The van der Waals surface area contributed by atoms with Crippen molar-refractivity contribution in [3.63, 3.8) is 0 Å². The number of halogens is 1. The Bertz CT molecular complexity index is 1770. The van der Waals surface area contributed by atoms with Crippen molar-refractivity contribution in [2.45, 2.75) is 32.8 Å². The number of nitrogens with zero attached hydrogens (tertiary/aromatic N) is 3. The number of hydrogen-bond donors (Lipinski definition) is 0. The molecule has 2 heterocycles. The molecule has 8 heteroatoms. The second-order valence-electron chi connectivity index (χ2n) is 9.15. The van der Waals surface area contributed by atoms with E-state index in [2.05, 4.69) is 34.5 Å². The van der Waals surface area contributed by atoms with E-state index in [1.165, 1.54) is 4.68 Å². The number of aromatic nitrogens is 2. The highest BCUT2D eigenvalue weighted by Gasteiger charge is 2.18. The molecule has 0 N–H and O–H groups in total. The van der Waals surface area contributed by atoms with E-state index in [0.29, 0.717) is 46.0 Å². The fourth-order valence-corrected chi connectivity index (χ4v) is 4.65. The number of allylic oxidation sites excluding steroid dienone is 1. The molecule has 5 rings (SSSR count). The Balaban J connectivity index is 1.66. The molecule has 5 aromatic rings. The summed E-state index contributed by atoms with van der Waals surface area (Å²) in [7, 11) is 1.60. The molecule has 0 unspecified atom stereocenters. The molecule has 0 bridgehead atoms. The highest BCUT2D eigenvalue weighted by Crippen LogP contribution is 2.34. The maximum absolute atomic E-state index is 13.6. The third-order valence-electron chi connectivity index (χ3n) is 6.41. The number of para-hydroxylation sites is 1. The summed E-state index contributed by atoms with van der Waals surface area (Å²) in [5.41, 5.74) is 2.59. The van der Waals surface area contributed by atoms with Crippen LogP contribution in [0, 0.1) is 0 Å². The zero-order valence-corrected chi connectivity index (χ0v) is 23.6. The van der Waals surface area contributed by atoms with E-state index in [1.807, 2.05) is 55.5 Å². The van der Waals surface area contributed by atoms with Gasteiger partial charge < -0.3 is 13.9 Å². The minimum atomic E-state index is -0.302. The Morgan fingerprint density at radius 2 is 2.00 bits per heavy atom. The lowest BCUT2D eigenvalue weighted by atomic mass is 10.1. The number of rotatable bonds is 9. The third kappa shape index (κ3) is 5.38. The van der Waals surface area contributed by atoms with E-state index >= 15 is 0 Å². The molecule has 3 aromatic carbocycles. The Morgan fingerprint density at radius 1 is 1.18 bits per heavy atom. The predicted octanol–water partition coefficient (Wildman–Crippen LogP) is 7.37. The van der Waals surface area contributed by atoms with Gasteiger partial charge in [0, 0.05) is 15.4 Å². The standard InChI is InChI=1S/C31H28BrN3O4/c1-5-9-21-14-20(15-27(37-4)29(21)38-19(3)6-2)18-33-35-30(34-25-11-8-7-10-24(25)31(35)36)28-17-22-16-23(32)12-13-26(22)39-28/h5,7-8,10-19H,1,6,9H2,2-4H3/t19-/m1/s1. The number of hydrogen-bond acceptors (Lipinski definition) is 6. The van der Waals surface area contributed by atoms with E-state index in [-0.39, 0.29) is 11.7 Å². The second kappa shape index (κ2) is 11.3. The SMILES string of the molecule is C=CCc1cc(C=Nn2c(-c3cc4cc(Br)ccc4o3)nc3ccccc3c2=O)cc(OC)c1O[C@H](C)CC. The van der Waals surface area contributed by atoms with Crippen LogP contribution in [0.25, 0.3) is 33.5 Å². The van der Waals surface area contributed by atoms with Crippen molar-refractivity contribution < 1.29 is 13.9 Å². The topological polar surface area (TPSA) is 78.9 Å². The van der Waals surface area contributed by atoms with Crippen LogP contribution in [0.5, 0.6) is 11.5 Å². The summed E-state index contributed by atoms with van der Waals surface area (Å²) < 4.78 is 20.1. The first-order chi connectivity index (χ1) is 18.9. The lowest BCUT2D eigenvalue weighted by Crippen LogP contribution is -2.20. The van der Waals surface area contributed by atoms with Crippen molar-refractivity contribution in [3.05, 3.63) is 99.3 Å². The zero-order chi connectivity index (χ0) is 27.5. The Morgan fingerprint density at radius 3 is 2.77 bits per heavy atom. The minimum Gasteiger partial charge on any atom is -0.493 e. The highest BCUT2D eigenvalue weighted by atomic mass is 79.9. The smallest absolute Gasteiger partial charge is 0.282 e. The van der Waals surface area contributed by atoms with Crippen LogP contribution in [0.2, 0.25) is 0 Å². The van der Waals surface area contributed by atoms with Gasteiger partial charge in [-0.3, -0.25) is 4.79 Å². The van der Waals surface area contributed by atoms with Crippen molar-refractivity contribution in [3.8, 4) is 23.1 Å². The molecule has 2 aromatic heterocycles. The van der Waals surface area contributed by atoms with Gasteiger partial charge in [0.05, 0.1) is 30.3 Å². The van der Waals surface area contributed by atoms with Crippen LogP contribution in [0.15, 0.2) is 92.1 Å². The summed E-state index contributed by atoms with van der Waals surface area (Å²) in [5, 5.41) is 5.94. The van der Waals surface area contributed by atoms with Crippen LogP contribution in [0.1, 0.15) is 31.4 Å². The van der Waals surface area contributed by atoms with Gasteiger partial charge in [-0.15, -0.1) is 6.58 Å². The van der Waals surface area contributed by atoms with Crippen molar-refractivity contribution in [2.24, 2.45) is 5.10 Å². The van der Waals surface area contributed by atoms with E-state index in [1.54, 1.807) is 31.5 Å². The van der Waals surface area contributed by atoms with Crippen molar-refractivity contribution in [1.82, 2.24) is 9.66 Å². The summed E-state index contributed by atoms with van der Waals surface area (Å²) in [4.78, 5) is 18.4. The lowest BCUT2D eigenvalue weighted by molar-refractivity contribution is 0.206. The number of benzene rings is 3. The number of fused-ring (bicyclic) bond motifs is 2. The molecule has 0 amide bonds. The monoisotopic (exact) mass is 585 g/mol. The summed E-state index contributed by atoms with van der Waals surface area (Å²) >= 11 is 3.50. The van der Waals surface area contributed by atoms with Crippen LogP contribution in [-0.2, 0) is 6.42 Å². The molecule has 0 spiro atoms. The maximum atomic E-state index is 13.6. The molecule has 0 aliphatic carbocycles. The van der Waals surface area contributed by atoms with Gasteiger partial charge in [-0.2, -0.15) is 9.78 Å². The van der Waals surface area contributed by atoms with Gasteiger partial charge in [-0.05, 0) is 73.9 Å². The van der Waals surface area contributed by atoms with Crippen LogP contribution >= 0.6 is 15.9 Å². The van der Waals surface area contributed by atoms with Gasteiger partial charge in [0.1, 0.15) is 5.58 Å². The van der Waals surface area contributed by atoms with Gasteiger partial charge in [0.2, 0.25) is 5.82 Å². The first kappa shape index (κ1) is 26.4. The quantitative estimate of drug-likeness (QED) is 0.133. The average molecular weight is 586 g/mol. The van der Waals surface area contributed by atoms with Gasteiger partial charge in [0.25, 0.3) is 5.56 Å². The molecule has 0 saturated carbocycles. The van der Waals surface area contributed by atoms with Gasteiger partial charge in [0.15, 0.2) is 17.3 Å². The van der Waals surface area contributed by atoms with Crippen LogP contribution in [-0.4, -0.2) is 29.1 Å².